The monoisotopic (exact) mass is 1090 g/mol. The van der Waals surface area contributed by atoms with Crippen molar-refractivity contribution in [2.24, 2.45) is 7.05 Å². The van der Waals surface area contributed by atoms with Crippen LogP contribution in [0.5, 0.6) is 0 Å². The van der Waals surface area contributed by atoms with Crippen LogP contribution in [0, 0.1) is 111 Å². The minimum absolute atomic E-state index is 1.01. The molecule has 8 aromatic rings. The molecule has 15 nitrogen and oxygen atoms in total. The topological polar surface area (TPSA) is 188 Å². The van der Waals surface area contributed by atoms with Crippen LogP contribution in [0.4, 0.5) is 0 Å². The normalized spacial score (nSPS) is 8.06. The van der Waals surface area contributed by atoms with Crippen LogP contribution in [0.1, 0.15) is 201 Å². The van der Waals surface area contributed by atoms with Gasteiger partial charge in [-0.15, -0.1) is 5.10 Å². The quantitative estimate of drug-likeness (QED) is 0.151. The van der Waals surface area contributed by atoms with E-state index in [9.17, 15) is 0 Å². The molecule has 0 amide bonds. The summed E-state index contributed by atoms with van der Waals surface area (Å²) in [5.41, 5.74) is 18.3. The number of hydrogen-bond acceptors (Lipinski definition) is 13. The number of rotatable bonds is 0. The van der Waals surface area contributed by atoms with Crippen molar-refractivity contribution in [3.8, 4) is 0 Å². The number of H-pyrrole nitrogens is 1. The molecule has 0 aromatic carbocycles. The molecule has 0 saturated heterocycles. The van der Waals surface area contributed by atoms with Crippen molar-refractivity contribution in [3.63, 3.8) is 0 Å². The van der Waals surface area contributed by atoms with Crippen molar-refractivity contribution >= 4 is 0 Å². The van der Waals surface area contributed by atoms with Gasteiger partial charge in [-0.3, -0.25) is 29.7 Å². The summed E-state index contributed by atoms with van der Waals surface area (Å²) >= 11 is 0. The summed E-state index contributed by atoms with van der Waals surface area (Å²) in [7, 11) is 1.88. The minimum atomic E-state index is 1.01. The SMILES string of the molecule is CC.CC.CC.CC.CC.CC.CC.CC.Cc1cccnc1C.Cc1ccncc1C.Cc1ccnnc1C.Cc1cn[nH]c1C.Cc1cncnc1C.Cc1cnncc1C.Cc1nccnc1C.Cc1nnn(C)c1C. The molecule has 0 aliphatic heterocycles. The number of nitrogens with one attached hydrogen (secondary N) is 1. The van der Waals surface area contributed by atoms with Crippen LogP contribution in [0.2, 0.25) is 0 Å². The summed E-state index contributed by atoms with van der Waals surface area (Å²) in [5, 5.41) is 29.1. The zero-order chi connectivity index (χ0) is 63.3. The molecule has 8 aromatic heterocycles. The van der Waals surface area contributed by atoms with E-state index in [2.05, 4.69) is 97.6 Å². The Kier molecular flexibility index (Phi) is 73.2. The Morgan fingerprint density at radius 3 is 0.987 bits per heavy atom. The molecule has 79 heavy (non-hydrogen) atoms. The van der Waals surface area contributed by atoms with E-state index in [0.717, 1.165) is 51.1 Å². The van der Waals surface area contributed by atoms with Gasteiger partial charge in [0.15, 0.2) is 0 Å². The lowest BCUT2D eigenvalue weighted by Crippen LogP contribution is -1.92. The van der Waals surface area contributed by atoms with Crippen molar-refractivity contribution < 1.29 is 0 Å². The highest BCUT2D eigenvalue weighted by molar-refractivity contribution is 5.19. The number of aromatic amines is 1. The minimum Gasteiger partial charge on any atom is -0.283 e. The zero-order valence-electron chi connectivity index (χ0n) is 56.4. The number of aryl methyl sites for hydroxylation is 16. The van der Waals surface area contributed by atoms with Crippen LogP contribution in [0.25, 0.3) is 0 Å². The highest BCUT2D eigenvalue weighted by atomic mass is 15.4. The van der Waals surface area contributed by atoms with Gasteiger partial charge < -0.3 is 0 Å². The van der Waals surface area contributed by atoms with Gasteiger partial charge in [0, 0.05) is 67.5 Å². The molecular formula is C64H115N15. The maximum atomic E-state index is 4.08. The molecule has 0 radical (unpaired) electrons. The maximum Gasteiger partial charge on any atom is 0.115 e. The predicted octanol–water partition coefficient (Wildman–Crippen LogP) is 17.4. The molecule has 8 heterocycles. The fraction of sp³-hybridized carbons (Fsp3) is 0.516. The number of hydrogen-bond donors (Lipinski definition) is 1. The Labute approximate surface area is 484 Å². The first-order valence-corrected chi connectivity index (χ1v) is 28.4. The fourth-order valence-corrected chi connectivity index (χ4v) is 3.87. The van der Waals surface area contributed by atoms with Gasteiger partial charge in [-0.25, -0.2) is 9.97 Å². The van der Waals surface area contributed by atoms with Crippen LogP contribution < -0.4 is 0 Å². The van der Waals surface area contributed by atoms with E-state index in [1.807, 2.05) is 257 Å². The zero-order valence-corrected chi connectivity index (χ0v) is 56.4. The van der Waals surface area contributed by atoms with Crippen molar-refractivity contribution in [2.75, 3.05) is 0 Å². The maximum absolute atomic E-state index is 4.08. The molecule has 8 rings (SSSR count). The van der Waals surface area contributed by atoms with Crippen LogP contribution in [0.15, 0.2) is 92.6 Å². The lowest BCUT2D eigenvalue weighted by Gasteiger charge is -1.92. The second-order valence-electron chi connectivity index (χ2n) is 14.6. The third kappa shape index (κ3) is 50.2. The van der Waals surface area contributed by atoms with E-state index in [4.69, 9.17) is 0 Å². The summed E-state index contributed by atoms with van der Waals surface area (Å²) in [4.78, 5) is 23.9. The molecular weight excluding hydrogens is 979 g/mol. The third-order valence-electron chi connectivity index (χ3n) is 9.64. The standard InChI is InChI=1S/2C7H9N.4C6H8N2.C5H9N3.C5H8N2.8C2H6/c1-6-3-4-8-5-7(6)2;1-6-4-3-5-8-7(6)2;1-5-3-7-4-8-6(5)2;1-5-3-7-8-4-6(5)2;1-5-6(2)8-4-3-7-5;1-5-3-4-7-8-6(5)2;1-4-5(2)8(3)7-6-4;1-4-3-6-7-5(4)2;8*1-2/h2*3-5H,1-2H3;4*3-4H,1-2H3;1-3H3;3H,1-2H3,(H,6,7);8*1-2H3. The van der Waals surface area contributed by atoms with Crippen molar-refractivity contribution in [1.82, 2.24) is 75.5 Å². The highest BCUT2D eigenvalue weighted by Crippen LogP contribution is 2.02. The molecule has 15 heteroatoms. The van der Waals surface area contributed by atoms with Crippen LogP contribution in [-0.2, 0) is 7.05 Å². The number of pyridine rings is 2. The molecule has 0 saturated carbocycles. The van der Waals surface area contributed by atoms with E-state index in [-0.39, 0.29) is 0 Å². The Morgan fingerprint density at radius 1 is 0.329 bits per heavy atom. The van der Waals surface area contributed by atoms with Gasteiger partial charge in [0.1, 0.15) is 6.33 Å². The van der Waals surface area contributed by atoms with E-state index in [1.54, 1.807) is 42.0 Å². The number of aromatic nitrogens is 15. The molecule has 0 unspecified atom stereocenters. The summed E-state index contributed by atoms with van der Waals surface area (Å²) in [5.74, 6) is 0. The number of nitrogens with zero attached hydrogens (tertiary/aromatic N) is 14. The van der Waals surface area contributed by atoms with Gasteiger partial charge in [0.2, 0.25) is 0 Å². The van der Waals surface area contributed by atoms with E-state index in [0.29, 0.717) is 0 Å². The van der Waals surface area contributed by atoms with Crippen molar-refractivity contribution in [3.05, 3.63) is 183 Å². The predicted molar refractivity (Wildman–Crippen MR) is 343 cm³/mol. The molecule has 0 atom stereocenters. The Balaban J connectivity index is -0.000000117. The smallest absolute Gasteiger partial charge is 0.115 e. The van der Waals surface area contributed by atoms with E-state index < -0.39 is 0 Å². The van der Waals surface area contributed by atoms with Gasteiger partial charge in [0.05, 0.1) is 47.1 Å². The summed E-state index contributed by atoms with van der Waals surface area (Å²) < 4.78 is 1.76. The molecule has 0 aliphatic carbocycles. The first-order chi connectivity index (χ1) is 37.8. The summed E-state index contributed by atoms with van der Waals surface area (Å²) in [6.45, 7) is 64.0. The van der Waals surface area contributed by atoms with Gasteiger partial charge in [-0.1, -0.05) is 122 Å². The van der Waals surface area contributed by atoms with Crippen molar-refractivity contribution in [2.45, 2.75) is 222 Å². The molecule has 1 N–H and O–H groups in total. The molecule has 446 valence electrons. The summed E-state index contributed by atoms with van der Waals surface area (Å²) in [6, 6.07) is 7.96. The van der Waals surface area contributed by atoms with E-state index >= 15 is 0 Å². The van der Waals surface area contributed by atoms with E-state index in [1.165, 1.54) is 38.9 Å². The third-order valence-corrected chi connectivity index (χ3v) is 9.64. The van der Waals surface area contributed by atoms with Crippen LogP contribution in [-0.4, -0.2) is 75.5 Å². The Morgan fingerprint density at radius 2 is 0.759 bits per heavy atom. The van der Waals surface area contributed by atoms with Gasteiger partial charge in [0.25, 0.3) is 0 Å². The van der Waals surface area contributed by atoms with Crippen LogP contribution in [0.3, 0.4) is 0 Å². The lowest BCUT2D eigenvalue weighted by molar-refractivity contribution is 0.696. The molecule has 0 bridgehead atoms. The molecule has 0 fully saturated rings. The van der Waals surface area contributed by atoms with Crippen molar-refractivity contribution in [1.29, 1.82) is 0 Å². The largest absolute Gasteiger partial charge is 0.283 e. The first kappa shape index (κ1) is 88.6. The Hall–Kier alpha value is -7.03. The van der Waals surface area contributed by atoms with Crippen LogP contribution >= 0.6 is 0 Å². The fourth-order valence-electron chi connectivity index (χ4n) is 3.87. The van der Waals surface area contributed by atoms with Gasteiger partial charge in [-0.2, -0.15) is 25.5 Å². The average Bonchev–Trinajstić information content (AvgIpc) is 4.02. The van der Waals surface area contributed by atoms with Gasteiger partial charge >= 0.3 is 0 Å². The summed E-state index contributed by atoms with van der Waals surface area (Å²) in [6.07, 6.45) is 19.3. The lowest BCUT2D eigenvalue weighted by atomic mass is 10.2. The van der Waals surface area contributed by atoms with Gasteiger partial charge in [-0.05, 0) is 173 Å². The second kappa shape index (κ2) is 65.3. The average molecular weight is 1090 g/mol. The first-order valence-electron chi connectivity index (χ1n) is 28.4. The molecule has 0 aliphatic rings. The molecule has 0 spiro atoms. The second-order valence-corrected chi connectivity index (χ2v) is 14.6. The Bertz CT molecular complexity index is 1980. The highest BCUT2D eigenvalue weighted by Gasteiger charge is 1.96.